The normalized spacial score (nSPS) is 15.8. The Morgan fingerprint density at radius 2 is 1.78 bits per heavy atom. The van der Waals surface area contributed by atoms with Gasteiger partial charge in [-0.05, 0) is 32.9 Å². The zero-order valence-electron chi connectivity index (χ0n) is 11.0. The summed E-state index contributed by atoms with van der Waals surface area (Å²) in [5.41, 5.74) is 6.49. The third kappa shape index (κ3) is 3.81. The first-order valence-corrected chi connectivity index (χ1v) is 6.66. The predicted octanol–water partition coefficient (Wildman–Crippen LogP) is 2.14. The van der Waals surface area contributed by atoms with E-state index >= 15 is 0 Å². The monoisotopic (exact) mass is 250 g/mol. The van der Waals surface area contributed by atoms with Crippen molar-refractivity contribution in [2.24, 2.45) is 0 Å². The Morgan fingerprint density at radius 3 is 2.44 bits per heavy atom. The summed E-state index contributed by atoms with van der Waals surface area (Å²) >= 11 is 0. The molecule has 4 heteroatoms. The quantitative estimate of drug-likeness (QED) is 0.786. The Morgan fingerprint density at radius 1 is 1.11 bits per heavy atom. The molecule has 100 valence electrons. The lowest BCUT2D eigenvalue weighted by Gasteiger charge is -2.15. The van der Waals surface area contributed by atoms with Crippen molar-refractivity contribution >= 4 is 5.69 Å². The Hall–Kier alpha value is -1.42. The molecule has 1 fully saturated rings. The molecule has 1 aromatic rings. The van der Waals surface area contributed by atoms with Crippen LogP contribution in [0.2, 0.25) is 0 Å². The van der Waals surface area contributed by atoms with Crippen molar-refractivity contribution < 1.29 is 9.47 Å². The predicted molar refractivity (Wildman–Crippen MR) is 73.2 cm³/mol. The Balaban J connectivity index is 1.83. The van der Waals surface area contributed by atoms with E-state index in [2.05, 4.69) is 4.90 Å². The van der Waals surface area contributed by atoms with Crippen LogP contribution >= 0.6 is 0 Å². The smallest absolute Gasteiger partial charge is 0.125 e. The van der Waals surface area contributed by atoms with Crippen LogP contribution in [0.15, 0.2) is 18.2 Å². The molecule has 0 spiro atoms. The molecule has 0 bridgehead atoms. The van der Waals surface area contributed by atoms with Crippen molar-refractivity contribution in [1.82, 2.24) is 4.90 Å². The summed E-state index contributed by atoms with van der Waals surface area (Å²) < 4.78 is 11.2. The van der Waals surface area contributed by atoms with E-state index < -0.39 is 0 Å². The van der Waals surface area contributed by atoms with Crippen LogP contribution in [0.4, 0.5) is 5.69 Å². The van der Waals surface area contributed by atoms with Crippen molar-refractivity contribution in [3.05, 3.63) is 18.2 Å². The second-order valence-electron chi connectivity index (χ2n) is 4.57. The van der Waals surface area contributed by atoms with Crippen LogP contribution in [-0.2, 0) is 0 Å². The molecule has 4 nitrogen and oxygen atoms in total. The second kappa shape index (κ2) is 6.50. The number of benzene rings is 1. The van der Waals surface area contributed by atoms with E-state index in [-0.39, 0.29) is 0 Å². The minimum atomic E-state index is 0.636. The zero-order valence-corrected chi connectivity index (χ0v) is 11.0. The van der Waals surface area contributed by atoms with Gasteiger partial charge in [0.25, 0.3) is 0 Å². The first-order valence-electron chi connectivity index (χ1n) is 6.66. The maximum atomic E-state index is 5.81. The van der Waals surface area contributed by atoms with Gasteiger partial charge in [0, 0.05) is 30.4 Å². The molecule has 0 amide bonds. The number of hydrogen-bond acceptors (Lipinski definition) is 4. The second-order valence-corrected chi connectivity index (χ2v) is 4.57. The van der Waals surface area contributed by atoms with Gasteiger partial charge >= 0.3 is 0 Å². The van der Waals surface area contributed by atoms with Crippen molar-refractivity contribution in [2.75, 3.05) is 38.6 Å². The fraction of sp³-hybridized carbons (Fsp3) is 0.571. The van der Waals surface area contributed by atoms with Crippen molar-refractivity contribution in [2.45, 2.75) is 19.8 Å². The molecule has 0 saturated carbocycles. The summed E-state index contributed by atoms with van der Waals surface area (Å²) in [6.45, 7) is 6.68. The fourth-order valence-corrected chi connectivity index (χ4v) is 2.23. The SMILES string of the molecule is CCOc1cc(N)cc(OCCN2CCCC2)c1. The molecule has 2 rings (SSSR count). The number of likely N-dealkylation sites (tertiary alicyclic amines) is 1. The number of ether oxygens (including phenoxy) is 2. The number of hydrogen-bond donors (Lipinski definition) is 1. The number of nitrogens with zero attached hydrogens (tertiary/aromatic N) is 1. The Labute approximate surface area is 109 Å². The molecule has 2 N–H and O–H groups in total. The summed E-state index contributed by atoms with van der Waals surface area (Å²) in [4.78, 5) is 2.43. The van der Waals surface area contributed by atoms with Gasteiger partial charge in [-0.15, -0.1) is 0 Å². The maximum Gasteiger partial charge on any atom is 0.125 e. The zero-order chi connectivity index (χ0) is 12.8. The summed E-state index contributed by atoms with van der Waals surface area (Å²) in [6.07, 6.45) is 2.62. The van der Waals surface area contributed by atoms with Crippen molar-refractivity contribution in [1.29, 1.82) is 0 Å². The Bertz CT molecular complexity index is 376. The van der Waals surface area contributed by atoms with E-state index in [1.807, 2.05) is 25.1 Å². The molecule has 1 heterocycles. The summed E-state index contributed by atoms with van der Waals surface area (Å²) in [5, 5.41) is 0. The highest BCUT2D eigenvalue weighted by atomic mass is 16.5. The van der Waals surface area contributed by atoms with Gasteiger partial charge in [0.15, 0.2) is 0 Å². The topological polar surface area (TPSA) is 47.7 Å². The van der Waals surface area contributed by atoms with Crippen LogP contribution in [0.1, 0.15) is 19.8 Å². The van der Waals surface area contributed by atoms with E-state index in [4.69, 9.17) is 15.2 Å². The summed E-state index contributed by atoms with van der Waals surface area (Å²) in [5.74, 6) is 1.56. The number of nitrogen functional groups attached to an aromatic ring is 1. The molecule has 1 aliphatic heterocycles. The van der Waals surface area contributed by atoms with E-state index in [0.717, 1.165) is 18.0 Å². The Kier molecular flexibility index (Phi) is 4.70. The lowest BCUT2D eigenvalue weighted by atomic mass is 10.3. The third-order valence-electron chi connectivity index (χ3n) is 3.09. The third-order valence-corrected chi connectivity index (χ3v) is 3.09. The lowest BCUT2D eigenvalue weighted by molar-refractivity contribution is 0.237. The van der Waals surface area contributed by atoms with Crippen LogP contribution in [0.25, 0.3) is 0 Å². The standard InChI is InChI=1S/C14H22N2O2/c1-2-17-13-9-12(15)10-14(11-13)18-8-7-16-5-3-4-6-16/h9-11H,2-8,15H2,1H3. The van der Waals surface area contributed by atoms with Crippen LogP contribution < -0.4 is 15.2 Å². The first-order chi connectivity index (χ1) is 8.78. The molecule has 1 aliphatic rings. The minimum Gasteiger partial charge on any atom is -0.494 e. The van der Waals surface area contributed by atoms with Gasteiger partial charge in [-0.3, -0.25) is 4.90 Å². The molecule has 0 aliphatic carbocycles. The fourth-order valence-electron chi connectivity index (χ4n) is 2.23. The van der Waals surface area contributed by atoms with Crippen molar-refractivity contribution in [3.63, 3.8) is 0 Å². The average molecular weight is 250 g/mol. The van der Waals surface area contributed by atoms with E-state index in [9.17, 15) is 0 Å². The highest BCUT2D eigenvalue weighted by Gasteiger charge is 2.10. The van der Waals surface area contributed by atoms with Crippen LogP contribution in [0.3, 0.4) is 0 Å². The molecule has 0 aromatic heterocycles. The number of anilines is 1. The molecular weight excluding hydrogens is 228 g/mol. The number of rotatable bonds is 6. The van der Waals surface area contributed by atoms with Gasteiger partial charge in [0.05, 0.1) is 6.61 Å². The van der Waals surface area contributed by atoms with Crippen LogP contribution in [-0.4, -0.2) is 37.7 Å². The molecule has 0 unspecified atom stereocenters. The van der Waals surface area contributed by atoms with Crippen LogP contribution in [0.5, 0.6) is 11.5 Å². The highest BCUT2D eigenvalue weighted by molar-refractivity contribution is 5.50. The van der Waals surface area contributed by atoms with Crippen LogP contribution in [0, 0.1) is 0 Å². The largest absolute Gasteiger partial charge is 0.494 e. The van der Waals surface area contributed by atoms with Gasteiger partial charge in [-0.1, -0.05) is 0 Å². The summed E-state index contributed by atoms with van der Waals surface area (Å²) in [7, 11) is 0. The van der Waals surface area contributed by atoms with Gasteiger partial charge < -0.3 is 15.2 Å². The number of nitrogens with two attached hydrogens (primary N) is 1. The molecular formula is C14H22N2O2. The summed E-state index contributed by atoms with van der Waals surface area (Å²) in [6, 6.07) is 5.55. The maximum absolute atomic E-state index is 5.81. The molecule has 0 atom stereocenters. The van der Waals surface area contributed by atoms with E-state index in [1.165, 1.54) is 25.9 Å². The average Bonchev–Trinajstić information content (AvgIpc) is 2.82. The molecule has 0 radical (unpaired) electrons. The first kappa shape index (κ1) is 13.0. The lowest BCUT2D eigenvalue weighted by Crippen LogP contribution is -2.25. The highest BCUT2D eigenvalue weighted by Crippen LogP contribution is 2.24. The molecule has 1 aromatic carbocycles. The van der Waals surface area contributed by atoms with Gasteiger partial charge in [0.1, 0.15) is 18.1 Å². The van der Waals surface area contributed by atoms with Gasteiger partial charge in [-0.2, -0.15) is 0 Å². The van der Waals surface area contributed by atoms with E-state index in [1.54, 1.807) is 0 Å². The van der Waals surface area contributed by atoms with E-state index in [0.29, 0.717) is 18.9 Å². The molecule has 18 heavy (non-hydrogen) atoms. The van der Waals surface area contributed by atoms with Crippen molar-refractivity contribution in [3.8, 4) is 11.5 Å². The minimum absolute atomic E-state index is 0.636. The van der Waals surface area contributed by atoms with Gasteiger partial charge in [-0.25, -0.2) is 0 Å². The molecule has 1 saturated heterocycles. The van der Waals surface area contributed by atoms with Gasteiger partial charge in [0.2, 0.25) is 0 Å².